The van der Waals surface area contributed by atoms with Crippen LogP contribution >= 0.6 is 11.6 Å². The number of carbonyl (C=O) groups is 1. The highest BCUT2D eigenvalue weighted by atomic mass is 35.5. The maximum absolute atomic E-state index is 12.1. The van der Waals surface area contributed by atoms with Gasteiger partial charge in [-0.1, -0.05) is 29.8 Å². The number of aryl methyl sites for hydroxylation is 1. The third-order valence-electron chi connectivity index (χ3n) is 3.59. The zero-order chi connectivity index (χ0) is 19.1. The summed E-state index contributed by atoms with van der Waals surface area (Å²) in [5.41, 5.74) is 0.457. The minimum absolute atomic E-state index is 0.209. The van der Waals surface area contributed by atoms with Gasteiger partial charge in [0.05, 0.1) is 10.6 Å². The molecule has 3 aromatic rings. The van der Waals surface area contributed by atoms with Gasteiger partial charge in [-0.3, -0.25) is 4.79 Å². The largest absolute Gasteiger partial charge is 0.368 e. The van der Waals surface area contributed by atoms with Crippen LogP contribution in [-0.4, -0.2) is 33.9 Å². The van der Waals surface area contributed by atoms with E-state index in [-0.39, 0.29) is 5.91 Å². The molecule has 0 radical (unpaired) electrons. The van der Waals surface area contributed by atoms with Crippen molar-refractivity contribution in [3.8, 4) is 0 Å². The van der Waals surface area contributed by atoms with Crippen molar-refractivity contribution in [2.45, 2.75) is 6.92 Å². The van der Waals surface area contributed by atoms with Crippen molar-refractivity contribution < 1.29 is 4.79 Å². The summed E-state index contributed by atoms with van der Waals surface area (Å²) in [6.07, 6.45) is 1.71. The van der Waals surface area contributed by atoms with Gasteiger partial charge in [-0.15, -0.1) is 0 Å². The molecule has 7 nitrogen and oxygen atoms in total. The Morgan fingerprint density at radius 3 is 2.56 bits per heavy atom. The second kappa shape index (κ2) is 8.95. The minimum atomic E-state index is -0.209. The van der Waals surface area contributed by atoms with Crippen molar-refractivity contribution in [1.82, 2.24) is 20.3 Å². The summed E-state index contributed by atoms with van der Waals surface area (Å²) >= 11 is 6.02. The number of amides is 1. The zero-order valence-electron chi connectivity index (χ0n) is 14.7. The Labute approximate surface area is 162 Å². The number of pyridine rings is 1. The first-order chi connectivity index (χ1) is 13.1. The normalized spacial score (nSPS) is 10.3. The number of anilines is 3. The fourth-order valence-corrected chi connectivity index (χ4v) is 2.62. The molecule has 0 aliphatic heterocycles. The third kappa shape index (κ3) is 5.39. The van der Waals surface area contributed by atoms with Crippen LogP contribution in [0.3, 0.4) is 0 Å². The van der Waals surface area contributed by atoms with Crippen molar-refractivity contribution in [3.63, 3.8) is 0 Å². The minimum Gasteiger partial charge on any atom is -0.368 e. The van der Waals surface area contributed by atoms with Crippen LogP contribution in [0.25, 0.3) is 0 Å². The number of aromatic nitrogens is 3. The zero-order valence-corrected chi connectivity index (χ0v) is 15.5. The summed E-state index contributed by atoms with van der Waals surface area (Å²) in [7, 11) is 0. The van der Waals surface area contributed by atoms with E-state index in [0.717, 1.165) is 0 Å². The van der Waals surface area contributed by atoms with E-state index in [2.05, 4.69) is 30.9 Å². The first kappa shape index (κ1) is 18.6. The molecule has 0 saturated carbocycles. The molecule has 8 heteroatoms. The molecule has 0 spiro atoms. The lowest BCUT2D eigenvalue weighted by Crippen LogP contribution is -2.29. The van der Waals surface area contributed by atoms with Crippen molar-refractivity contribution >= 4 is 35.0 Å². The van der Waals surface area contributed by atoms with E-state index in [1.54, 1.807) is 36.5 Å². The van der Waals surface area contributed by atoms with Gasteiger partial charge >= 0.3 is 0 Å². The molecular weight excluding hydrogens is 364 g/mol. The summed E-state index contributed by atoms with van der Waals surface area (Å²) in [5, 5.41) is 9.56. The maximum Gasteiger partial charge on any atom is 0.252 e. The Balaban J connectivity index is 1.53. The number of hydrogen-bond donors (Lipinski definition) is 3. The highest BCUT2D eigenvalue weighted by Gasteiger charge is 2.08. The van der Waals surface area contributed by atoms with E-state index >= 15 is 0 Å². The second-order valence-corrected chi connectivity index (χ2v) is 6.10. The van der Waals surface area contributed by atoms with Gasteiger partial charge < -0.3 is 16.0 Å². The van der Waals surface area contributed by atoms with E-state index in [1.807, 2.05) is 25.1 Å². The number of carbonyl (C=O) groups excluding carboxylic acids is 1. The number of benzene rings is 1. The van der Waals surface area contributed by atoms with Crippen molar-refractivity contribution in [3.05, 3.63) is 71.1 Å². The van der Waals surface area contributed by atoms with Crippen LogP contribution in [0.2, 0.25) is 5.02 Å². The standard InChI is InChI=1S/C19H19ClN6O/c1-13-24-17(12-18(25-13)26-16-8-4-5-9-21-16)22-10-11-23-19(27)14-6-2-3-7-15(14)20/h2-9,12H,10-11H2,1H3,(H,23,27)(H2,21,22,24,25,26). The van der Waals surface area contributed by atoms with Crippen LogP contribution in [0, 0.1) is 6.92 Å². The van der Waals surface area contributed by atoms with Gasteiger partial charge in [0.25, 0.3) is 5.91 Å². The molecule has 0 bridgehead atoms. The first-order valence-corrected chi connectivity index (χ1v) is 8.80. The molecule has 0 aliphatic rings. The fraction of sp³-hybridized carbons (Fsp3) is 0.158. The number of hydrogen-bond acceptors (Lipinski definition) is 6. The Kier molecular flexibility index (Phi) is 6.17. The predicted molar refractivity (Wildman–Crippen MR) is 107 cm³/mol. The molecule has 1 aromatic carbocycles. The smallest absolute Gasteiger partial charge is 0.252 e. The number of nitrogens with one attached hydrogen (secondary N) is 3. The van der Waals surface area contributed by atoms with Gasteiger partial charge in [-0.05, 0) is 31.2 Å². The fourth-order valence-electron chi connectivity index (χ4n) is 2.40. The SMILES string of the molecule is Cc1nc(NCCNC(=O)c2ccccc2Cl)cc(Nc2ccccn2)n1. The summed E-state index contributed by atoms with van der Waals surface area (Å²) in [6.45, 7) is 2.75. The highest BCUT2D eigenvalue weighted by Crippen LogP contribution is 2.16. The Hall–Kier alpha value is -3.19. The van der Waals surface area contributed by atoms with E-state index in [4.69, 9.17) is 11.6 Å². The number of halogens is 1. The van der Waals surface area contributed by atoms with Crippen LogP contribution in [-0.2, 0) is 0 Å². The van der Waals surface area contributed by atoms with E-state index in [9.17, 15) is 4.79 Å². The van der Waals surface area contributed by atoms with Gasteiger partial charge in [0, 0.05) is 25.4 Å². The van der Waals surface area contributed by atoms with Crippen LogP contribution in [0.15, 0.2) is 54.7 Å². The topological polar surface area (TPSA) is 91.8 Å². The van der Waals surface area contributed by atoms with Crippen LogP contribution in [0.1, 0.15) is 16.2 Å². The molecule has 0 aliphatic carbocycles. The summed E-state index contributed by atoms with van der Waals surface area (Å²) in [6, 6.07) is 14.3. The van der Waals surface area contributed by atoms with E-state index in [1.165, 1.54) is 0 Å². The molecule has 0 atom stereocenters. The molecule has 138 valence electrons. The Bertz CT molecular complexity index is 919. The van der Waals surface area contributed by atoms with Crippen molar-refractivity contribution in [1.29, 1.82) is 0 Å². The number of nitrogens with zero attached hydrogens (tertiary/aromatic N) is 3. The van der Waals surface area contributed by atoms with Gasteiger partial charge in [-0.2, -0.15) is 0 Å². The molecular formula is C19H19ClN6O. The van der Waals surface area contributed by atoms with Gasteiger partial charge in [0.1, 0.15) is 23.3 Å². The molecule has 2 heterocycles. The van der Waals surface area contributed by atoms with Crippen molar-refractivity contribution in [2.24, 2.45) is 0 Å². The molecule has 2 aromatic heterocycles. The summed E-state index contributed by atoms with van der Waals surface area (Å²) in [4.78, 5) is 25.0. The van der Waals surface area contributed by atoms with Crippen LogP contribution in [0.4, 0.5) is 17.5 Å². The third-order valence-corrected chi connectivity index (χ3v) is 3.92. The van der Waals surface area contributed by atoms with E-state index in [0.29, 0.717) is 47.0 Å². The molecule has 27 heavy (non-hydrogen) atoms. The van der Waals surface area contributed by atoms with Gasteiger partial charge in [0.15, 0.2) is 0 Å². The molecule has 0 fully saturated rings. The lowest BCUT2D eigenvalue weighted by atomic mass is 10.2. The monoisotopic (exact) mass is 382 g/mol. The van der Waals surface area contributed by atoms with Gasteiger partial charge in [0.2, 0.25) is 0 Å². The quantitative estimate of drug-likeness (QED) is 0.542. The second-order valence-electron chi connectivity index (χ2n) is 5.69. The lowest BCUT2D eigenvalue weighted by Gasteiger charge is -2.11. The maximum atomic E-state index is 12.1. The molecule has 0 unspecified atom stereocenters. The summed E-state index contributed by atoms with van der Waals surface area (Å²) in [5.74, 6) is 2.42. The average molecular weight is 383 g/mol. The molecule has 3 N–H and O–H groups in total. The summed E-state index contributed by atoms with van der Waals surface area (Å²) < 4.78 is 0. The molecule has 3 rings (SSSR count). The number of rotatable bonds is 7. The Morgan fingerprint density at radius 1 is 1.00 bits per heavy atom. The van der Waals surface area contributed by atoms with Crippen LogP contribution in [0.5, 0.6) is 0 Å². The predicted octanol–water partition coefficient (Wildman–Crippen LogP) is 3.42. The Morgan fingerprint density at radius 2 is 1.78 bits per heavy atom. The molecule has 1 amide bonds. The van der Waals surface area contributed by atoms with Crippen molar-refractivity contribution in [2.75, 3.05) is 23.7 Å². The van der Waals surface area contributed by atoms with Gasteiger partial charge in [-0.25, -0.2) is 15.0 Å². The first-order valence-electron chi connectivity index (χ1n) is 8.42. The van der Waals surface area contributed by atoms with Crippen LogP contribution < -0.4 is 16.0 Å². The molecule has 0 saturated heterocycles. The van der Waals surface area contributed by atoms with E-state index < -0.39 is 0 Å². The average Bonchev–Trinajstić information content (AvgIpc) is 2.66. The highest BCUT2D eigenvalue weighted by molar-refractivity contribution is 6.33. The lowest BCUT2D eigenvalue weighted by molar-refractivity contribution is 0.0955.